The van der Waals surface area contributed by atoms with Crippen LogP contribution in [0.1, 0.15) is 23.6 Å². The van der Waals surface area contributed by atoms with Gasteiger partial charge in [0.15, 0.2) is 0 Å². The molecule has 0 unspecified atom stereocenters. The van der Waals surface area contributed by atoms with E-state index in [0.29, 0.717) is 24.5 Å². The highest BCUT2D eigenvalue weighted by Gasteiger charge is 2.18. The number of likely N-dealkylation sites (N-methyl/N-ethyl adjacent to an activating group) is 1. The van der Waals surface area contributed by atoms with E-state index >= 15 is 0 Å². The van der Waals surface area contributed by atoms with E-state index in [4.69, 9.17) is 0 Å². The molecule has 0 spiro atoms. The summed E-state index contributed by atoms with van der Waals surface area (Å²) >= 11 is 0. The van der Waals surface area contributed by atoms with Crippen LogP contribution in [0, 0.1) is 13.8 Å². The third-order valence-corrected chi connectivity index (χ3v) is 5.22. The van der Waals surface area contributed by atoms with Crippen LogP contribution in [0.3, 0.4) is 0 Å². The van der Waals surface area contributed by atoms with Crippen molar-refractivity contribution in [1.29, 1.82) is 0 Å². The number of hydrogen-bond donors (Lipinski definition) is 2. The van der Waals surface area contributed by atoms with Gasteiger partial charge in [0, 0.05) is 19.6 Å². The van der Waals surface area contributed by atoms with Gasteiger partial charge in [-0.05, 0) is 57.2 Å². The normalized spacial score (nSPS) is 12.1. The zero-order valence-corrected chi connectivity index (χ0v) is 14.5. The summed E-state index contributed by atoms with van der Waals surface area (Å²) in [7, 11) is 0.365. The van der Waals surface area contributed by atoms with Crippen LogP contribution in [-0.4, -0.2) is 47.0 Å². The highest BCUT2D eigenvalue weighted by molar-refractivity contribution is 7.89. The maximum absolute atomic E-state index is 12.4. The molecule has 0 aromatic heterocycles. The summed E-state index contributed by atoms with van der Waals surface area (Å²) in [6, 6.07) is 3.70. The molecule has 0 fully saturated rings. The van der Waals surface area contributed by atoms with E-state index in [1.165, 1.54) is 0 Å². The van der Waals surface area contributed by atoms with Crippen LogP contribution < -0.4 is 10.0 Å². The molecule has 0 aliphatic heterocycles. The van der Waals surface area contributed by atoms with Crippen LogP contribution in [-0.2, 0) is 16.6 Å². The third kappa shape index (κ3) is 5.07. The fourth-order valence-electron chi connectivity index (χ4n) is 2.15. The van der Waals surface area contributed by atoms with Gasteiger partial charge in [0.1, 0.15) is 0 Å². The van der Waals surface area contributed by atoms with Crippen molar-refractivity contribution in [3.05, 3.63) is 28.8 Å². The van der Waals surface area contributed by atoms with Crippen molar-refractivity contribution in [3.63, 3.8) is 0 Å². The molecular formula is C15H27N3O2S. The van der Waals surface area contributed by atoms with Crippen LogP contribution in [0.2, 0.25) is 0 Å². The maximum Gasteiger partial charge on any atom is 0.240 e. The minimum atomic E-state index is -3.46. The van der Waals surface area contributed by atoms with Gasteiger partial charge in [0.25, 0.3) is 0 Å². The minimum Gasteiger partial charge on any atom is -0.316 e. The smallest absolute Gasteiger partial charge is 0.240 e. The highest BCUT2D eigenvalue weighted by Crippen LogP contribution is 2.20. The van der Waals surface area contributed by atoms with Gasteiger partial charge < -0.3 is 10.2 Å². The number of nitrogens with one attached hydrogen (secondary N) is 2. The lowest BCUT2D eigenvalue weighted by Crippen LogP contribution is -2.33. The summed E-state index contributed by atoms with van der Waals surface area (Å²) in [5.41, 5.74) is 2.89. The molecule has 21 heavy (non-hydrogen) atoms. The molecule has 0 bridgehead atoms. The molecule has 120 valence electrons. The molecule has 0 amide bonds. The Morgan fingerprint density at radius 2 is 1.86 bits per heavy atom. The van der Waals surface area contributed by atoms with E-state index in [9.17, 15) is 8.42 Å². The molecular weight excluding hydrogens is 286 g/mol. The van der Waals surface area contributed by atoms with Crippen LogP contribution in [0.25, 0.3) is 0 Å². The van der Waals surface area contributed by atoms with Gasteiger partial charge in [-0.1, -0.05) is 13.0 Å². The number of sulfonamides is 1. The van der Waals surface area contributed by atoms with Crippen molar-refractivity contribution in [3.8, 4) is 0 Å². The van der Waals surface area contributed by atoms with Crippen molar-refractivity contribution in [2.24, 2.45) is 0 Å². The second-order valence-corrected chi connectivity index (χ2v) is 7.10. The van der Waals surface area contributed by atoms with Crippen molar-refractivity contribution in [2.75, 3.05) is 33.7 Å². The molecule has 1 rings (SSSR count). The summed E-state index contributed by atoms with van der Waals surface area (Å²) in [5.74, 6) is 0. The molecule has 0 heterocycles. The van der Waals surface area contributed by atoms with E-state index in [1.807, 2.05) is 40.9 Å². The zero-order chi connectivity index (χ0) is 16.0. The second-order valence-electron chi connectivity index (χ2n) is 5.37. The largest absolute Gasteiger partial charge is 0.316 e. The number of rotatable bonds is 8. The van der Waals surface area contributed by atoms with Gasteiger partial charge in [0.2, 0.25) is 10.0 Å². The first-order valence-electron chi connectivity index (χ1n) is 7.24. The lowest BCUT2D eigenvalue weighted by atomic mass is 10.1. The van der Waals surface area contributed by atoms with Gasteiger partial charge in [-0.15, -0.1) is 0 Å². The molecule has 6 heteroatoms. The quantitative estimate of drug-likeness (QED) is 0.758. The second kappa shape index (κ2) is 7.89. The van der Waals surface area contributed by atoms with Gasteiger partial charge in [-0.25, -0.2) is 13.1 Å². The molecule has 0 aliphatic rings. The zero-order valence-electron chi connectivity index (χ0n) is 13.7. The van der Waals surface area contributed by atoms with Gasteiger partial charge in [0.05, 0.1) is 4.90 Å². The lowest BCUT2D eigenvalue weighted by molar-refractivity contribution is 0.358. The molecule has 0 radical (unpaired) electrons. The highest BCUT2D eigenvalue weighted by atomic mass is 32.2. The number of nitrogens with zero attached hydrogens (tertiary/aromatic N) is 1. The Labute approximate surface area is 128 Å². The van der Waals surface area contributed by atoms with Gasteiger partial charge in [-0.3, -0.25) is 0 Å². The topological polar surface area (TPSA) is 61.4 Å². The standard InChI is InChI=1S/C15H27N3O2S/c1-6-18(5)8-7-17-21(19,20)15-10-14(11-16-4)12(2)9-13(15)3/h9-10,16-17H,6-8,11H2,1-5H3. The number of aryl methyl sites for hydroxylation is 2. The third-order valence-electron chi connectivity index (χ3n) is 3.62. The van der Waals surface area contributed by atoms with Crippen molar-refractivity contribution < 1.29 is 8.42 Å². The minimum absolute atomic E-state index is 0.373. The fraction of sp³-hybridized carbons (Fsp3) is 0.600. The first kappa shape index (κ1) is 18.1. The Balaban J connectivity index is 2.94. The predicted octanol–water partition coefficient (Wildman–Crippen LogP) is 1.25. The Hall–Kier alpha value is -0.950. The molecule has 0 saturated carbocycles. The SMILES string of the molecule is CCN(C)CCNS(=O)(=O)c1cc(CNC)c(C)cc1C. The van der Waals surface area contributed by atoms with Crippen molar-refractivity contribution >= 4 is 10.0 Å². The Bertz CT molecular complexity index is 571. The Morgan fingerprint density at radius 3 is 2.43 bits per heavy atom. The van der Waals surface area contributed by atoms with Gasteiger partial charge in [-0.2, -0.15) is 0 Å². The van der Waals surface area contributed by atoms with Crippen molar-refractivity contribution in [1.82, 2.24) is 14.9 Å². The molecule has 1 aromatic carbocycles. The van der Waals surface area contributed by atoms with E-state index in [-0.39, 0.29) is 0 Å². The van der Waals surface area contributed by atoms with Gasteiger partial charge >= 0.3 is 0 Å². The molecule has 0 aliphatic carbocycles. The molecule has 0 saturated heterocycles. The summed E-state index contributed by atoms with van der Waals surface area (Å²) in [4.78, 5) is 2.44. The lowest BCUT2D eigenvalue weighted by Gasteiger charge is -2.16. The number of hydrogen-bond acceptors (Lipinski definition) is 4. The monoisotopic (exact) mass is 313 g/mol. The Kier molecular flexibility index (Phi) is 6.80. The van der Waals surface area contributed by atoms with E-state index < -0.39 is 10.0 Å². The summed E-state index contributed by atoms with van der Waals surface area (Å²) in [6.07, 6.45) is 0. The summed E-state index contributed by atoms with van der Waals surface area (Å²) in [6.45, 7) is 8.56. The molecule has 5 nitrogen and oxygen atoms in total. The first-order chi connectivity index (χ1) is 9.81. The van der Waals surface area contributed by atoms with Crippen molar-refractivity contribution in [2.45, 2.75) is 32.2 Å². The molecule has 0 atom stereocenters. The summed E-state index contributed by atoms with van der Waals surface area (Å²) in [5, 5.41) is 3.07. The van der Waals surface area contributed by atoms with E-state index in [0.717, 1.165) is 23.2 Å². The van der Waals surface area contributed by atoms with Crippen LogP contribution in [0.15, 0.2) is 17.0 Å². The van der Waals surface area contributed by atoms with E-state index in [2.05, 4.69) is 14.9 Å². The number of benzene rings is 1. The van der Waals surface area contributed by atoms with Crippen LogP contribution >= 0.6 is 0 Å². The summed E-state index contributed by atoms with van der Waals surface area (Å²) < 4.78 is 27.6. The fourth-order valence-corrected chi connectivity index (χ4v) is 3.45. The Morgan fingerprint density at radius 1 is 1.19 bits per heavy atom. The average molecular weight is 313 g/mol. The predicted molar refractivity (Wildman–Crippen MR) is 87.0 cm³/mol. The van der Waals surface area contributed by atoms with E-state index in [1.54, 1.807) is 6.07 Å². The van der Waals surface area contributed by atoms with Crippen LogP contribution in [0.5, 0.6) is 0 Å². The first-order valence-corrected chi connectivity index (χ1v) is 8.73. The molecule has 1 aromatic rings. The molecule has 2 N–H and O–H groups in total. The van der Waals surface area contributed by atoms with Crippen LogP contribution in [0.4, 0.5) is 0 Å². The maximum atomic E-state index is 12.4. The average Bonchev–Trinajstić information content (AvgIpc) is 2.41.